The van der Waals surface area contributed by atoms with Crippen molar-refractivity contribution >= 4 is 32.1 Å². The molecule has 3 rings (SSSR count). The molecule has 0 aliphatic heterocycles. The Kier molecular flexibility index (Phi) is 5.02. The predicted octanol–water partition coefficient (Wildman–Crippen LogP) is 4.36. The summed E-state index contributed by atoms with van der Waals surface area (Å²) in [7, 11) is -3.66. The summed E-state index contributed by atoms with van der Waals surface area (Å²) in [6.45, 7) is 5.53. The van der Waals surface area contributed by atoms with E-state index in [4.69, 9.17) is 0 Å². The molecule has 0 saturated carbocycles. The van der Waals surface area contributed by atoms with Crippen LogP contribution in [0.4, 0.5) is 5.00 Å². The van der Waals surface area contributed by atoms with Crippen molar-refractivity contribution < 1.29 is 13.2 Å². The van der Waals surface area contributed by atoms with E-state index in [2.05, 4.69) is 5.32 Å². The zero-order valence-corrected chi connectivity index (χ0v) is 16.4. The number of thiophene rings is 1. The lowest BCUT2D eigenvalue weighted by Gasteiger charge is -2.14. The molecule has 1 aromatic heterocycles. The molecule has 0 radical (unpaired) electrons. The van der Waals surface area contributed by atoms with Gasteiger partial charge in [0.1, 0.15) is 9.90 Å². The number of hydrogen-bond acceptors (Lipinski definition) is 4. The lowest BCUT2D eigenvalue weighted by molar-refractivity contribution is -0.118. The van der Waals surface area contributed by atoms with E-state index in [9.17, 15) is 13.2 Å². The minimum Gasteiger partial charge on any atom is -0.316 e. The van der Waals surface area contributed by atoms with Crippen LogP contribution in [-0.4, -0.2) is 14.3 Å². The molecule has 0 atom stereocenters. The Morgan fingerprint density at radius 1 is 1.12 bits per heavy atom. The van der Waals surface area contributed by atoms with Gasteiger partial charge >= 0.3 is 0 Å². The van der Waals surface area contributed by atoms with Crippen LogP contribution in [0.15, 0.2) is 34.1 Å². The van der Waals surface area contributed by atoms with Crippen molar-refractivity contribution in [2.75, 3.05) is 5.32 Å². The van der Waals surface area contributed by atoms with Gasteiger partial charge in [0.2, 0.25) is 15.7 Å². The van der Waals surface area contributed by atoms with E-state index in [0.717, 1.165) is 41.7 Å². The Labute approximate surface area is 153 Å². The predicted molar refractivity (Wildman–Crippen MR) is 101 cm³/mol. The van der Waals surface area contributed by atoms with E-state index in [1.54, 1.807) is 38.1 Å². The Bertz CT molecular complexity index is 893. The second-order valence-electron chi connectivity index (χ2n) is 6.83. The molecule has 1 aromatic carbocycles. The molecule has 0 unspecified atom stereocenters. The summed E-state index contributed by atoms with van der Waals surface area (Å²) in [5.41, 5.74) is 1.91. The van der Waals surface area contributed by atoms with Crippen molar-refractivity contribution in [3.8, 4) is 0 Å². The first-order valence-corrected chi connectivity index (χ1v) is 10.9. The van der Waals surface area contributed by atoms with Crippen LogP contribution in [-0.2, 0) is 27.5 Å². The van der Waals surface area contributed by atoms with E-state index < -0.39 is 9.84 Å². The normalized spacial score (nSPS) is 14.4. The third kappa shape index (κ3) is 3.51. The van der Waals surface area contributed by atoms with E-state index in [-0.39, 0.29) is 16.7 Å². The summed E-state index contributed by atoms with van der Waals surface area (Å²) in [5.74, 6) is -0.354. The largest absolute Gasteiger partial charge is 0.316 e. The smallest absolute Gasteiger partial charge is 0.227 e. The first kappa shape index (κ1) is 18.1. The number of carbonyl (C=O) groups excluding carboxylic acids is 1. The molecule has 2 aromatic rings. The number of nitrogens with one attached hydrogen (secondary N) is 1. The minimum atomic E-state index is -3.66. The summed E-state index contributed by atoms with van der Waals surface area (Å²) >= 11 is 1.42. The SMILES string of the molecule is Cc1ccc(S(=O)(=O)c2c(NC(=O)C(C)C)sc3c2CCCC3)cc1. The van der Waals surface area contributed by atoms with Crippen LogP contribution < -0.4 is 5.32 Å². The fourth-order valence-corrected chi connectivity index (χ4v) is 6.28. The lowest BCUT2D eigenvalue weighted by Crippen LogP contribution is -2.19. The topological polar surface area (TPSA) is 63.2 Å². The van der Waals surface area contributed by atoms with Crippen LogP contribution in [0, 0.1) is 12.8 Å². The van der Waals surface area contributed by atoms with Gasteiger partial charge in [0.25, 0.3) is 0 Å². The number of hydrogen-bond donors (Lipinski definition) is 1. The molecule has 4 nitrogen and oxygen atoms in total. The maximum Gasteiger partial charge on any atom is 0.227 e. The van der Waals surface area contributed by atoms with Gasteiger partial charge in [-0.05, 0) is 50.3 Å². The van der Waals surface area contributed by atoms with Crippen LogP contribution >= 0.6 is 11.3 Å². The fraction of sp³-hybridized carbons (Fsp3) is 0.421. The number of sulfone groups is 1. The minimum absolute atomic E-state index is 0.154. The van der Waals surface area contributed by atoms with Gasteiger partial charge in [-0.25, -0.2) is 8.42 Å². The molecule has 134 valence electrons. The second kappa shape index (κ2) is 6.92. The zero-order valence-electron chi connectivity index (χ0n) is 14.8. The Balaban J connectivity index is 2.14. The standard InChI is InChI=1S/C19H23NO3S2/c1-12(2)18(21)20-19-17(15-6-4-5-7-16(15)24-19)25(22,23)14-10-8-13(3)9-11-14/h8-12H,4-7H2,1-3H3,(H,20,21). The lowest BCUT2D eigenvalue weighted by atomic mass is 9.99. The van der Waals surface area contributed by atoms with Crippen molar-refractivity contribution in [1.29, 1.82) is 0 Å². The summed E-state index contributed by atoms with van der Waals surface area (Å²) in [6, 6.07) is 6.90. The third-order valence-corrected chi connectivity index (χ3v) is 7.70. The van der Waals surface area contributed by atoms with Gasteiger partial charge in [0.05, 0.1) is 4.90 Å². The van der Waals surface area contributed by atoms with Crippen molar-refractivity contribution in [3.05, 3.63) is 40.3 Å². The number of carbonyl (C=O) groups is 1. The van der Waals surface area contributed by atoms with Gasteiger partial charge in [-0.1, -0.05) is 31.5 Å². The molecule has 0 spiro atoms. The molecular weight excluding hydrogens is 354 g/mol. The van der Waals surface area contributed by atoms with Gasteiger partial charge in [-0.2, -0.15) is 0 Å². The van der Waals surface area contributed by atoms with Gasteiger partial charge in [-0.3, -0.25) is 4.79 Å². The molecule has 6 heteroatoms. The summed E-state index contributed by atoms with van der Waals surface area (Å²) < 4.78 is 26.6. The highest BCUT2D eigenvalue weighted by molar-refractivity contribution is 7.92. The van der Waals surface area contributed by atoms with Crippen molar-refractivity contribution in [2.45, 2.75) is 56.2 Å². The van der Waals surface area contributed by atoms with Gasteiger partial charge in [0, 0.05) is 10.8 Å². The average Bonchev–Trinajstić information content (AvgIpc) is 2.93. The summed E-state index contributed by atoms with van der Waals surface area (Å²) in [5, 5.41) is 3.33. The van der Waals surface area contributed by atoms with E-state index >= 15 is 0 Å². The summed E-state index contributed by atoms with van der Waals surface area (Å²) in [4.78, 5) is 13.9. The molecule has 0 bridgehead atoms. The first-order chi connectivity index (χ1) is 11.8. The van der Waals surface area contributed by atoms with Gasteiger partial charge in [0.15, 0.2) is 0 Å². The highest BCUT2D eigenvalue weighted by Gasteiger charge is 2.31. The number of fused-ring (bicyclic) bond motifs is 1. The number of aryl methyl sites for hydroxylation is 2. The van der Waals surface area contributed by atoms with Crippen molar-refractivity contribution in [3.63, 3.8) is 0 Å². The molecule has 0 saturated heterocycles. The Morgan fingerprint density at radius 2 is 1.76 bits per heavy atom. The monoisotopic (exact) mass is 377 g/mol. The van der Waals surface area contributed by atoms with Gasteiger partial charge < -0.3 is 5.32 Å². The zero-order chi connectivity index (χ0) is 18.2. The Morgan fingerprint density at radius 3 is 2.40 bits per heavy atom. The number of anilines is 1. The molecular formula is C19H23NO3S2. The van der Waals surface area contributed by atoms with Crippen LogP contribution in [0.2, 0.25) is 0 Å². The van der Waals surface area contributed by atoms with Crippen molar-refractivity contribution in [1.82, 2.24) is 0 Å². The summed E-state index contributed by atoms with van der Waals surface area (Å²) in [6.07, 6.45) is 3.69. The molecule has 1 aliphatic rings. The van der Waals surface area contributed by atoms with Crippen LogP contribution in [0.3, 0.4) is 0 Å². The molecule has 1 heterocycles. The highest BCUT2D eigenvalue weighted by Crippen LogP contribution is 2.43. The molecule has 25 heavy (non-hydrogen) atoms. The number of amides is 1. The van der Waals surface area contributed by atoms with E-state index in [1.807, 2.05) is 6.92 Å². The first-order valence-electron chi connectivity index (χ1n) is 8.58. The van der Waals surface area contributed by atoms with E-state index in [1.165, 1.54) is 11.3 Å². The maximum atomic E-state index is 13.3. The van der Waals surface area contributed by atoms with E-state index in [0.29, 0.717) is 9.90 Å². The Hall–Kier alpha value is -1.66. The van der Waals surface area contributed by atoms with Crippen LogP contribution in [0.5, 0.6) is 0 Å². The highest BCUT2D eigenvalue weighted by atomic mass is 32.2. The number of benzene rings is 1. The number of rotatable bonds is 4. The third-order valence-electron chi connectivity index (χ3n) is 4.48. The average molecular weight is 378 g/mol. The fourth-order valence-electron chi connectivity index (χ4n) is 3.00. The van der Waals surface area contributed by atoms with Gasteiger partial charge in [-0.15, -0.1) is 11.3 Å². The van der Waals surface area contributed by atoms with Crippen molar-refractivity contribution in [2.24, 2.45) is 5.92 Å². The molecule has 1 amide bonds. The second-order valence-corrected chi connectivity index (χ2v) is 9.82. The van der Waals surface area contributed by atoms with Crippen LogP contribution in [0.1, 0.15) is 42.7 Å². The molecule has 1 aliphatic carbocycles. The quantitative estimate of drug-likeness (QED) is 0.861. The molecule has 0 fully saturated rings. The van der Waals surface area contributed by atoms with Crippen LogP contribution in [0.25, 0.3) is 0 Å². The molecule has 1 N–H and O–H groups in total. The maximum absolute atomic E-state index is 13.3.